The van der Waals surface area contributed by atoms with E-state index < -0.39 is 0 Å². The maximum absolute atomic E-state index is 2.29. The van der Waals surface area contributed by atoms with Crippen LogP contribution >= 0.6 is 8.20 Å². The summed E-state index contributed by atoms with van der Waals surface area (Å²) in [6.45, 7) is 0. The van der Waals surface area contributed by atoms with Gasteiger partial charge in [-0.1, -0.05) is 24.3 Å². The highest BCUT2D eigenvalue weighted by Gasteiger charge is 2.19. The summed E-state index contributed by atoms with van der Waals surface area (Å²) in [5, 5.41) is 1.27. The average Bonchev–Trinajstić information content (AvgIpc) is 2.97. The molecule has 0 spiro atoms. The summed E-state index contributed by atoms with van der Waals surface area (Å²) in [4.78, 5) is 0. The molecule has 0 aliphatic rings. The molecular weight excluding hydrogens is 383 g/mol. The molecule has 124 valence electrons. The maximum Gasteiger partial charge on any atom is 0.310 e. The van der Waals surface area contributed by atoms with Gasteiger partial charge in [-0.15, -0.1) is 0 Å². The van der Waals surface area contributed by atoms with E-state index in [2.05, 4.69) is 95.0 Å². The zero-order valence-electron chi connectivity index (χ0n) is 14.2. The van der Waals surface area contributed by atoms with Crippen molar-refractivity contribution in [3.8, 4) is 0 Å². The molecule has 0 N–H and O–H groups in total. The summed E-state index contributed by atoms with van der Waals surface area (Å²) in [6.07, 6.45) is 0. The van der Waals surface area contributed by atoms with E-state index in [4.69, 9.17) is 0 Å². The number of aryl methyl sites for hydroxylation is 4. The number of fused-ring (bicyclic) bond motifs is 2. The molecular formula is C18H20BrN4P. The van der Waals surface area contributed by atoms with Crippen molar-refractivity contribution < 1.29 is 21.5 Å². The zero-order valence-corrected chi connectivity index (χ0v) is 16.7. The normalized spacial score (nSPS) is 11.3. The molecule has 4 rings (SSSR count). The van der Waals surface area contributed by atoms with Crippen LogP contribution in [0, 0.1) is 5.20 Å². The van der Waals surface area contributed by atoms with Crippen molar-refractivity contribution in [1.82, 2.24) is 13.7 Å². The lowest BCUT2D eigenvalue weighted by atomic mass is 10.3. The highest BCUT2D eigenvalue weighted by atomic mass is 79.9. The van der Waals surface area contributed by atoms with E-state index >= 15 is 0 Å². The molecule has 0 amide bonds. The molecule has 0 fully saturated rings. The smallest absolute Gasteiger partial charge is 0.310 e. The van der Waals surface area contributed by atoms with Crippen molar-refractivity contribution in [2.75, 3.05) is 0 Å². The lowest BCUT2D eigenvalue weighted by Gasteiger charge is -1.96. The van der Waals surface area contributed by atoms with Crippen LogP contribution in [-0.2, 0) is 28.2 Å². The van der Waals surface area contributed by atoms with Crippen molar-refractivity contribution in [2.24, 2.45) is 28.2 Å². The van der Waals surface area contributed by atoms with Crippen molar-refractivity contribution in [3.63, 3.8) is 0 Å². The molecule has 0 atom stereocenters. The van der Waals surface area contributed by atoms with Gasteiger partial charge in [-0.05, 0) is 24.3 Å². The lowest BCUT2D eigenvalue weighted by Crippen LogP contribution is -3.00. The van der Waals surface area contributed by atoms with Crippen LogP contribution in [-0.4, -0.2) is 13.7 Å². The summed E-state index contributed by atoms with van der Waals surface area (Å²) in [5.74, 6) is 0. The van der Waals surface area contributed by atoms with Gasteiger partial charge in [0, 0.05) is 14.1 Å². The van der Waals surface area contributed by atoms with Crippen LogP contribution < -0.4 is 27.1 Å². The van der Waals surface area contributed by atoms with Gasteiger partial charge in [0.1, 0.15) is 5.20 Å². The third-order valence-corrected chi connectivity index (χ3v) is 6.21. The van der Waals surface area contributed by atoms with Crippen LogP contribution in [0.1, 0.15) is 0 Å². The zero-order chi connectivity index (χ0) is 16.1. The molecule has 0 aliphatic carbocycles. The van der Waals surface area contributed by atoms with Crippen LogP contribution in [0.3, 0.4) is 0 Å². The predicted octanol–water partition coefficient (Wildman–Crippen LogP) is -0.359. The summed E-state index contributed by atoms with van der Waals surface area (Å²) < 4.78 is 9.15. The first-order chi connectivity index (χ1) is 11.1. The minimum atomic E-state index is 0. The van der Waals surface area contributed by atoms with Gasteiger partial charge in [-0.25, -0.2) is 9.13 Å². The van der Waals surface area contributed by atoms with Crippen LogP contribution in [0.2, 0.25) is 0 Å². The molecule has 0 aliphatic heterocycles. The van der Waals surface area contributed by atoms with Crippen LogP contribution in [0.15, 0.2) is 48.5 Å². The number of para-hydroxylation sites is 4. The predicted molar refractivity (Wildman–Crippen MR) is 95.8 cm³/mol. The third kappa shape index (κ3) is 2.35. The Labute approximate surface area is 153 Å². The van der Waals surface area contributed by atoms with Crippen molar-refractivity contribution >= 4 is 35.8 Å². The number of aromatic nitrogens is 4. The Kier molecular flexibility index (Phi) is 4.41. The molecule has 0 bridgehead atoms. The molecule has 2 aromatic carbocycles. The van der Waals surface area contributed by atoms with E-state index in [1.165, 1.54) is 41.0 Å². The van der Waals surface area contributed by atoms with Crippen molar-refractivity contribution in [1.29, 1.82) is 0 Å². The van der Waals surface area contributed by atoms with E-state index in [0.717, 1.165) is 0 Å². The van der Waals surface area contributed by atoms with E-state index in [-0.39, 0.29) is 17.0 Å². The first kappa shape index (κ1) is 17.0. The fourth-order valence-corrected chi connectivity index (χ4v) is 4.54. The largest absolute Gasteiger partial charge is 1.00 e. The van der Waals surface area contributed by atoms with Crippen LogP contribution in [0.25, 0.3) is 22.1 Å². The maximum atomic E-state index is 2.29. The molecule has 0 radical (unpaired) electrons. The number of benzene rings is 2. The minimum Gasteiger partial charge on any atom is -1.00 e. The van der Waals surface area contributed by atoms with Gasteiger partial charge in [-0.3, -0.25) is 0 Å². The van der Waals surface area contributed by atoms with Gasteiger partial charge in [0.15, 0.2) is 11.0 Å². The molecule has 6 heteroatoms. The van der Waals surface area contributed by atoms with Gasteiger partial charge in [-0.2, -0.15) is 0 Å². The van der Waals surface area contributed by atoms with Gasteiger partial charge in [0.05, 0.1) is 33.3 Å². The Morgan fingerprint density at radius 3 is 1.79 bits per heavy atom. The summed E-state index contributed by atoms with van der Waals surface area (Å²) in [7, 11) is 9.78. The molecule has 4 aromatic rings. The molecule has 2 heterocycles. The second kappa shape index (κ2) is 6.23. The second-order valence-corrected chi connectivity index (χ2v) is 6.95. The van der Waals surface area contributed by atoms with Crippen LogP contribution in [0.4, 0.5) is 0 Å². The number of imidazole rings is 2. The van der Waals surface area contributed by atoms with E-state index in [1.807, 2.05) is 0 Å². The topological polar surface area (TPSA) is 18.7 Å². The minimum absolute atomic E-state index is 0. The highest BCUT2D eigenvalue weighted by molar-refractivity contribution is 7.37. The van der Waals surface area contributed by atoms with Gasteiger partial charge in [0.25, 0.3) is 0 Å². The van der Waals surface area contributed by atoms with Crippen molar-refractivity contribution in [3.05, 3.63) is 53.7 Å². The first-order valence-electron chi connectivity index (χ1n) is 7.68. The average molecular weight is 403 g/mol. The Hall–Kier alpha value is -1.84. The van der Waals surface area contributed by atoms with E-state index in [0.29, 0.717) is 0 Å². The molecule has 0 saturated heterocycles. The van der Waals surface area contributed by atoms with Gasteiger partial charge >= 0.3 is 5.57 Å². The molecule has 24 heavy (non-hydrogen) atoms. The Balaban J connectivity index is 0.00000169. The highest BCUT2D eigenvalue weighted by Crippen LogP contribution is 2.19. The molecule has 0 unspecified atom stereocenters. The fourth-order valence-electron chi connectivity index (χ4n) is 3.33. The summed E-state index contributed by atoms with van der Waals surface area (Å²) >= 11 is 0. The van der Waals surface area contributed by atoms with Crippen molar-refractivity contribution in [2.45, 2.75) is 0 Å². The molecule has 4 nitrogen and oxygen atoms in total. The van der Waals surface area contributed by atoms with E-state index in [9.17, 15) is 0 Å². The van der Waals surface area contributed by atoms with Crippen LogP contribution in [0.5, 0.6) is 0 Å². The Morgan fingerprint density at radius 2 is 1.25 bits per heavy atom. The summed E-state index contributed by atoms with van der Waals surface area (Å²) in [5.41, 5.74) is 6.32. The Bertz CT molecular complexity index is 1040. The number of nitrogens with zero attached hydrogens (tertiary/aromatic N) is 4. The standard InChI is InChI=1S/C18H20N4P.BrH/c1-19-13-9-5-6-10-14(13)20(2)17(19)23-18-21(3)15-11-7-8-12-16(15)22(18)4;/h5-12H,1-4H3;1H/q+1;/p-1. The van der Waals surface area contributed by atoms with Gasteiger partial charge in [0.2, 0.25) is 0 Å². The third-order valence-electron chi connectivity index (χ3n) is 4.61. The number of rotatable bonds is 1. The lowest BCUT2D eigenvalue weighted by molar-refractivity contribution is -0.626. The quantitative estimate of drug-likeness (QED) is 0.306. The number of hydrogen-bond donors (Lipinski definition) is 0. The van der Waals surface area contributed by atoms with E-state index in [1.54, 1.807) is 0 Å². The first-order valence-corrected chi connectivity index (χ1v) is 8.57. The monoisotopic (exact) mass is 402 g/mol. The molecule has 2 aromatic heterocycles. The SMILES string of the molecule is Cn1c(P=c2n(C)c3ccccc3n2C)[n+](C)c2ccccc21.[Br-]. The molecule has 0 saturated carbocycles. The summed E-state index contributed by atoms with van der Waals surface area (Å²) in [6, 6.07) is 17.1. The Morgan fingerprint density at radius 1 is 0.750 bits per heavy atom. The fraction of sp³-hybridized carbons (Fsp3) is 0.222. The second-order valence-electron chi connectivity index (χ2n) is 5.93. The number of halogens is 1. The van der Waals surface area contributed by atoms with Gasteiger partial charge < -0.3 is 26.1 Å². The number of hydrogen-bond acceptors (Lipinski definition) is 0.